The van der Waals surface area contributed by atoms with Crippen LogP contribution < -0.4 is 10.3 Å². The van der Waals surface area contributed by atoms with Crippen molar-refractivity contribution in [3.05, 3.63) is 82.5 Å². The SMILES string of the molecule is CC(C)c1cc(=O)n(-c2ccc(OCF)cc2)cc1-c1ccc(F)cc1. The van der Waals surface area contributed by atoms with Gasteiger partial charge in [0.15, 0.2) is 0 Å². The maximum absolute atomic E-state index is 13.3. The van der Waals surface area contributed by atoms with Crippen molar-refractivity contribution < 1.29 is 13.5 Å². The van der Waals surface area contributed by atoms with E-state index in [0.717, 1.165) is 16.7 Å². The van der Waals surface area contributed by atoms with E-state index in [1.54, 1.807) is 48.7 Å². The minimum atomic E-state index is -0.906. The zero-order valence-corrected chi connectivity index (χ0v) is 14.6. The molecule has 0 aliphatic carbocycles. The largest absolute Gasteiger partial charge is 0.463 e. The van der Waals surface area contributed by atoms with Crippen LogP contribution in [0, 0.1) is 5.82 Å². The molecule has 134 valence electrons. The van der Waals surface area contributed by atoms with Crippen molar-refractivity contribution in [3.63, 3.8) is 0 Å². The number of nitrogens with zero attached hydrogens (tertiary/aromatic N) is 1. The summed E-state index contributed by atoms with van der Waals surface area (Å²) in [4.78, 5) is 12.6. The molecule has 0 spiro atoms. The quantitative estimate of drug-likeness (QED) is 0.640. The van der Waals surface area contributed by atoms with Gasteiger partial charge in [-0.25, -0.2) is 8.78 Å². The van der Waals surface area contributed by atoms with Gasteiger partial charge < -0.3 is 4.74 Å². The summed E-state index contributed by atoms with van der Waals surface area (Å²) < 4.78 is 31.8. The van der Waals surface area contributed by atoms with Crippen molar-refractivity contribution in [3.8, 4) is 22.6 Å². The van der Waals surface area contributed by atoms with Crippen molar-refractivity contribution >= 4 is 0 Å². The van der Waals surface area contributed by atoms with E-state index in [0.29, 0.717) is 11.4 Å². The first kappa shape index (κ1) is 17.9. The van der Waals surface area contributed by atoms with Gasteiger partial charge in [-0.2, -0.15) is 0 Å². The van der Waals surface area contributed by atoms with Crippen molar-refractivity contribution in [2.75, 3.05) is 6.86 Å². The van der Waals surface area contributed by atoms with Crippen molar-refractivity contribution in [2.45, 2.75) is 19.8 Å². The van der Waals surface area contributed by atoms with Crippen LogP contribution >= 0.6 is 0 Å². The molecule has 0 aliphatic rings. The highest BCUT2D eigenvalue weighted by Gasteiger charge is 2.13. The summed E-state index contributed by atoms with van der Waals surface area (Å²) in [6.45, 7) is 3.11. The van der Waals surface area contributed by atoms with Crippen LogP contribution in [-0.4, -0.2) is 11.4 Å². The van der Waals surface area contributed by atoms with Gasteiger partial charge in [0.1, 0.15) is 11.6 Å². The first-order valence-electron chi connectivity index (χ1n) is 8.31. The van der Waals surface area contributed by atoms with Crippen molar-refractivity contribution in [1.29, 1.82) is 0 Å². The molecule has 3 aromatic rings. The maximum atomic E-state index is 13.3. The number of rotatable bonds is 5. The summed E-state index contributed by atoms with van der Waals surface area (Å²) >= 11 is 0. The second-order valence-corrected chi connectivity index (χ2v) is 6.26. The first-order valence-corrected chi connectivity index (χ1v) is 8.31. The van der Waals surface area contributed by atoms with Gasteiger partial charge in [0.05, 0.1) is 0 Å². The average molecular weight is 355 g/mol. The number of halogens is 2. The number of hydrogen-bond donors (Lipinski definition) is 0. The van der Waals surface area contributed by atoms with Gasteiger partial charge in [-0.05, 0) is 53.4 Å². The van der Waals surface area contributed by atoms with Gasteiger partial charge in [0.2, 0.25) is 6.86 Å². The maximum Gasteiger partial charge on any atom is 0.255 e. The Morgan fingerprint density at radius 3 is 2.27 bits per heavy atom. The molecule has 1 aromatic heterocycles. The molecule has 3 rings (SSSR count). The fraction of sp³-hybridized carbons (Fsp3) is 0.190. The molecule has 26 heavy (non-hydrogen) atoms. The predicted octanol–water partition coefficient (Wildman–Crippen LogP) is 5.07. The van der Waals surface area contributed by atoms with Crippen LogP contribution in [0.25, 0.3) is 16.8 Å². The summed E-state index contributed by atoms with van der Waals surface area (Å²) in [7, 11) is 0. The van der Waals surface area contributed by atoms with E-state index in [-0.39, 0.29) is 17.3 Å². The summed E-state index contributed by atoms with van der Waals surface area (Å²) in [5.41, 5.74) is 3.07. The fourth-order valence-electron chi connectivity index (χ4n) is 2.86. The van der Waals surface area contributed by atoms with E-state index < -0.39 is 6.86 Å². The predicted molar refractivity (Wildman–Crippen MR) is 98.1 cm³/mol. The van der Waals surface area contributed by atoms with Crippen molar-refractivity contribution in [1.82, 2.24) is 4.57 Å². The third-order valence-electron chi connectivity index (χ3n) is 4.20. The topological polar surface area (TPSA) is 31.2 Å². The Morgan fingerprint density at radius 2 is 1.69 bits per heavy atom. The van der Waals surface area contributed by atoms with E-state index in [1.165, 1.54) is 16.7 Å². The van der Waals surface area contributed by atoms with Crippen LogP contribution in [0.3, 0.4) is 0 Å². The normalized spacial score (nSPS) is 11.0. The smallest absolute Gasteiger partial charge is 0.255 e. The van der Waals surface area contributed by atoms with E-state index in [4.69, 9.17) is 4.74 Å². The number of pyridine rings is 1. The Hall–Kier alpha value is -2.95. The zero-order chi connectivity index (χ0) is 18.7. The second kappa shape index (κ2) is 7.52. The highest BCUT2D eigenvalue weighted by Crippen LogP contribution is 2.29. The summed E-state index contributed by atoms with van der Waals surface area (Å²) in [5.74, 6) is 0.219. The standard InChI is InChI=1S/C21H19F2NO2/c1-14(2)19-11-21(25)24(17-7-9-18(10-8-17)26-13-22)12-20(19)15-3-5-16(23)6-4-15/h3-12,14H,13H2,1-2H3. The zero-order valence-electron chi connectivity index (χ0n) is 14.6. The van der Waals surface area contributed by atoms with Crippen LogP contribution in [0.15, 0.2) is 65.6 Å². The van der Waals surface area contributed by atoms with E-state index in [2.05, 4.69) is 0 Å². The molecule has 0 atom stereocenters. The third kappa shape index (κ3) is 3.67. The van der Waals surface area contributed by atoms with Crippen LogP contribution in [0.4, 0.5) is 8.78 Å². The molecule has 0 radical (unpaired) electrons. The molecule has 2 aromatic carbocycles. The lowest BCUT2D eigenvalue weighted by molar-refractivity contribution is 0.192. The Morgan fingerprint density at radius 1 is 1.04 bits per heavy atom. The molecule has 5 heteroatoms. The number of hydrogen-bond acceptors (Lipinski definition) is 2. The molecular formula is C21H19F2NO2. The molecule has 3 nitrogen and oxygen atoms in total. The van der Waals surface area contributed by atoms with Gasteiger partial charge in [-0.3, -0.25) is 9.36 Å². The van der Waals surface area contributed by atoms with Crippen LogP contribution in [0.1, 0.15) is 25.3 Å². The Labute approximate surface area is 150 Å². The molecule has 0 aliphatic heterocycles. The minimum Gasteiger partial charge on any atom is -0.463 e. The van der Waals surface area contributed by atoms with Crippen LogP contribution in [-0.2, 0) is 0 Å². The first-order chi connectivity index (χ1) is 12.5. The molecule has 0 saturated heterocycles. The lowest BCUT2D eigenvalue weighted by Gasteiger charge is -2.16. The Kier molecular flexibility index (Phi) is 5.16. The number of alkyl halides is 1. The van der Waals surface area contributed by atoms with Crippen molar-refractivity contribution in [2.24, 2.45) is 0 Å². The highest BCUT2D eigenvalue weighted by atomic mass is 19.1. The summed E-state index contributed by atoms with van der Waals surface area (Å²) in [5, 5.41) is 0. The molecule has 0 bridgehead atoms. The van der Waals surface area contributed by atoms with E-state index in [1.807, 2.05) is 13.8 Å². The third-order valence-corrected chi connectivity index (χ3v) is 4.20. The molecule has 0 unspecified atom stereocenters. The fourth-order valence-corrected chi connectivity index (χ4v) is 2.86. The van der Waals surface area contributed by atoms with Gasteiger partial charge in [-0.15, -0.1) is 0 Å². The summed E-state index contributed by atoms with van der Waals surface area (Å²) in [6, 6.07) is 14.4. The van der Waals surface area contributed by atoms with Gasteiger partial charge in [0, 0.05) is 23.5 Å². The molecule has 0 N–H and O–H groups in total. The average Bonchev–Trinajstić information content (AvgIpc) is 2.63. The summed E-state index contributed by atoms with van der Waals surface area (Å²) in [6.07, 6.45) is 1.76. The molecular weight excluding hydrogens is 336 g/mol. The molecule has 0 fully saturated rings. The minimum absolute atomic E-state index is 0.137. The lowest BCUT2D eigenvalue weighted by Crippen LogP contribution is -2.19. The van der Waals surface area contributed by atoms with Gasteiger partial charge in [-0.1, -0.05) is 26.0 Å². The van der Waals surface area contributed by atoms with E-state index >= 15 is 0 Å². The van der Waals surface area contributed by atoms with Crippen LogP contribution in [0.5, 0.6) is 5.75 Å². The highest BCUT2D eigenvalue weighted by molar-refractivity contribution is 5.67. The van der Waals surface area contributed by atoms with Gasteiger partial charge in [0.25, 0.3) is 5.56 Å². The van der Waals surface area contributed by atoms with E-state index in [9.17, 15) is 13.6 Å². The second-order valence-electron chi connectivity index (χ2n) is 6.26. The number of benzene rings is 2. The lowest BCUT2D eigenvalue weighted by atomic mass is 9.94. The Bertz CT molecular complexity index is 945. The van der Waals surface area contributed by atoms with Crippen LogP contribution in [0.2, 0.25) is 0 Å². The monoisotopic (exact) mass is 355 g/mol. The molecule has 0 saturated carbocycles. The van der Waals surface area contributed by atoms with Gasteiger partial charge >= 0.3 is 0 Å². The molecule has 0 amide bonds. The number of ether oxygens (including phenoxy) is 1. The Balaban J connectivity index is 2.13. The molecule has 1 heterocycles. The number of aromatic nitrogens is 1.